The summed E-state index contributed by atoms with van der Waals surface area (Å²) in [6.45, 7) is 4.10. The number of hydrogen-bond donors (Lipinski definition) is 1. The first-order chi connectivity index (χ1) is 5.40. The number of likely N-dealkylation sites (N-methyl/N-ethyl adjacent to an activating group) is 2. The standard InChI is InChI=1S/C9H18N2O/c1-9(2,11(4)5)7-6-8(12)10-3/h6-7H,1-5H3,(H,10,12). The van der Waals surface area contributed by atoms with Gasteiger partial charge >= 0.3 is 0 Å². The van der Waals surface area contributed by atoms with E-state index in [1.165, 1.54) is 0 Å². The van der Waals surface area contributed by atoms with Crippen molar-refractivity contribution in [3.8, 4) is 0 Å². The molecule has 0 fully saturated rings. The van der Waals surface area contributed by atoms with Crippen molar-refractivity contribution in [1.29, 1.82) is 0 Å². The van der Waals surface area contributed by atoms with Crippen LogP contribution >= 0.6 is 0 Å². The van der Waals surface area contributed by atoms with Crippen LogP contribution in [-0.4, -0.2) is 37.5 Å². The van der Waals surface area contributed by atoms with Crippen LogP contribution < -0.4 is 5.32 Å². The molecule has 12 heavy (non-hydrogen) atoms. The highest BCUT2D eigenvalue weighted by atomic mass is 16.1. The van der Waals surface area contributed by atoms with E-state index in [0.717, 1.165) is 0 Å². The van der Waals surface area contributed by atoms with Crippen LogP contribution in [-0.2, 0) is 4.79 Å². The first-order valence-electron chi connectivity index (χ1n) is 3.98. The lowest BCUT2D eigenvalue weighted by molar-refractivity contribution is -0.116. The fourth-order valence-corrected chi connectivity index (χ4v) is 0.512. The Labute approximate surface area is 74.4 Å². The third-order valence-corrected chi connectivity index (χ3v) is 2.04. The summed E-state index contributed by atoms with van der Waals surface area (Å²) in [6, 6.07) is 0. The molecule has 1 N–H and O–H groups in total. The summed E-state index contributed by atoms with van der Waals surface area (Å²) in [5.74, 6) is -0.0649. The smallest absolute Gasteiger partial charge is 0.243 e. The van der Waals surface area contributed by atoms with Crippen molar-refractivity contribution in [3.63, 3.8) is 0 Å². The highest BCUT2D eigenvalue weighted by Crippen LogP contribution is 2.10. The molecule has 0 aliphatic heterocycles. The van der Waals surface area contributed by atoms with Gasteiger partial charge < -0.3 is 10.2 Å². The Morgan fingerprint density at radius 2 is 1.92 bits per heavy atom. The number of carbonyl (C=O) groups is 1. The molecule has 0 spiro atoms. The maximum absolute atomic E-state index is 10.9. The minimum Gasteiger partial charge on any atom is -0.356 e. The SMILES string of the molecule is CNC(=O)C=CC(C)(C)N(C)C. The second kappa shape index (κ2) is 4.26. The van der Waals surface area contributed by atoms with Crippen molar-refractivity contribution in [2.24, 2.45) is 0 Å². The van der Waals surface area contributed by atoms with E-state index in [9.17, 15) is 4.79 Å². The summed E-state index contributed by atoms with van der Waals surface area (Å²) in [7, 11) is 5.58. The van der Waals surface area contributed by atoms with Gasteiger partial charge in [-0.25, -0.2) is 0 Å². The van der Waals surface area contributed by atoms with Gasteiger partial charge in [0.15, 0.2) is 0 Å². The lowest BCUT2D eigenvalue weighted by Gasteiger charge is -2.28. The molecule has 0 unspecified atom stereocenters. The Morgan fingerprint density at radius 3 is 2.25 bits per heavy atom. The lowest BCUT2D eigenvalue weighted by Crippen LogP contribution is -2.36. The minimum absolute atomic E-state index is 0.0649. The highest BCUT2D eigenvalue weighted by Gasteiger charge is 2.15. The second-order valence-corrected chi connectivity index (χ2v) is 3.50. The predicted molar refractivity (Wildman–Crippen MR) is 51.0 cm³/mol. The van der Waals surface area contributed by atoms with E-state index in [4.69, 9.17) is 0 Å². The zero-order valence-corrected chi connectivity index (χ0v) is 8.51. The maximum atomic E-state index is 10.9. The molecule has 1 amide bonds. The molecule has 0 heterocycles. The molecule has 3 nitrogen and oxygen atoms in total. The summed E-state index contributed by atoms with van der Waals surface area (Å²) < 4.78 is 0. The summed E-state index contributed by atoms with van der Waals surface area (Å²) in [6.07, 6.45) is 3.44. The van der Waals surface area contributed by atoms with Crippen LogP contribution in [0.5, 0.6) is 0 Å². The first kappa shape index (κ1) is 11.2. The van der Waals surface area contributed by atoms with E-state index in [0.29, 0.717) is 0 Å². The molecule has 0 aromatic carbocycles. The molecule has 3 heteroatoms. The zero-order valence-electron chi connectivity index (χ0n) is 8.51. The van der Waals surface area contributed by atoms with Gasteiger partial charge in [0.1, 0.15) is 0 Å². The molecule has 0 saturated heterocycles. The largest absolute Gasteiger partial charge is 0.356 e. The average molecular weight is 170 g/mol. The molecule has 0 saturated carbocycles. The van der Waals surface area contributed by atoms with Gasteiger partial charge in [-0.1, -0.05) is 6.08 Å². The van der Waals surface area contributed by atoms with Gasteiger partial charge in [0, 0.05) is 18.7 Å². The van der Waals surface area contributed by atoms with E-state index in [1.54, 1.807) is 13.1 Å². The van der Waals surface area contributed by atoms with Gasteiger partial charge in [0.05, 0.1) is 0 Å². The van der Waals surface area contributed by atoms with Crippen molar-refractivity contribution in [1.82, 2.24) is 10.2 Å². The highest BCUT2D eigenvalue weighted by molar-refractivity contribution is 5.87. The Morgan fingerprint density at radius 1 is 1.42 bits per heavy atom. The molecule has 0 radical (unpaired) electrons. The van der Waals surface area contributed by atoms with Crippen molar-refractivity contribution in [2.45, 2.75) is 19.4 Å². The van der Waals surface area contributed by atoms with Crippen LogP contribution in [0, 0.1) is 0 Å². The van der Waals surface area contributed by atoms with Crippen LogP contribution in [0.2, 0.25) is 0 Å². The van der Waals surface area contributed by atoms with Crippen molar-refractivity contribution < 1.29 is 4.79 Å². The monoisotopic (exact) mass is 170 g/mol. The number of hydrogen-bond acceptors (Lipinski definition) is 2. The minimum atomic E-state index is -0.0769. The Hall–Kier alpha value is -0.830. The van der Waals surface area contributed by atoms with Crippen LogP contribution in [0.4, 0.5) is 0 Å². The van der Waals surface area contributed by atoms with Gasteiger partial charge in [-0.3, -0.25) is 4.79 Å². The molecule has 0 atom stereocenters. The first-order valence-corrected chi connectivity index (χ1v) is 3.98. The van der Waals surface area contributed by atoms with Crippen molar-refractivity contribution >= 4 is 5.91 Å². The van der Waals surface area contributed by atoms with Gasteiger partial charge in [-0.15, -0.1) is 0 Å². The molecule has 0 aliphatic carbocycles. The topological polar surface area (TPSA) is 32.3 Å². The van der Waals surface area contributed by atoms with E-state index in [1.807, 2.05) is 38.9 Å². The van der Waals surface area contributed by atoms with E-state index >= 15 is 0 Å². The molecule has 0 aromatic heterocycles. The molecular weight excluding hydrogens is 152 g/mol. The summed E-state index contributed by atoms with van der Waals surface area (Å²) in [5, 5.41) is 2.53. The number of nitrogens with one attached hydrogen (secondary N) is 1. The molecule has 0 bridgehead atoms. The van der Waals surface area contributed by atoms with Gasteiger partial charge in [0.2, 0.25) is 5.91 Å². The normalized spacial score (nSPS) is 12.5. The summed E-state index contributed by atoms with van der Waals surface area (Å²) >= 11 is 0. The van der Waals surface area contributed by atoms with Crippen molar-refractivity contribution in [3.05, 3.63) is 12.2 Å². The van der Waals surface area contributed by atoms with Gasteiger partial charge in [-0.2, -0.15) is 0 Å². The third-order valence-electron chi connectivity index (χ3n) is 2.04. The Bertz CT molecular complexity index is 183. The summed E-state index contributed by atoms with van der Waals surface area (Å²) in [5.41, 5.74) is -0.0769. The molecule has 0 aliphatic rings. The molecular formula is C9H18N2O. The summed E-state index contributed by atoms with van der Waals surface area (Å²) in [4.78, 5) is 12.9. The molecule has 0 aromatic rings. The maximum Gasteiger partial charge on any atom is 0.243 e. The van der Waals surface area contributed by atoms with Gasteiger partial charge in [-0.05, 0) is 27.9 Å². The quantitative estimate of drug-likeness (QED) is 0.630. The molecule has 70 valence electrons. The number of nitrogens with zero attached hydrogens (tertiary/aromatic N) is 1. The van der Waals surface area contributed by atoms with Gasteiger partial charge in [0.25, 0.3) is 0 Å². The van der Waals surface area contributed by atoms with E-state index < -0.39 is 0 Å². The third kappa shape index (κ3) is 3.53. The number of amides is 1. The van der Waals surface area contributed by atoms with Crippen LogP contribution in [0.15, 0.2) is 12.2 Å². The zero-order chi connectivity index (χ0) is 9.78. The fraction of sp³-hybridized carbons (Fsp3) is 0.667. The van der Waals surface area contributed by atoms with E-state index in [2.05, 4.69) is 5.32 Å². The average Bonchev–Trinajstić information content (AvgIpc) is 2.00. The van der Waals surface area contributed by atoms with E-state index in [-0.39, 0.29) is 11.4 Å². The second-order valence-electron chi connectivity index (χ2n) is 3.50. The fourth-order valence-electron chi connectivity index (χ4n) is 0.512. The predicted octanol–water partition coefficient (Wildman–Crippen LogP) is 0.629. The number of carbonyl (C=O) groups excluding carboxylic acids is 1. The van der Waals surface area contributed by atoms with Crippen molar-refractivity contribution in [2.75, 3.05) is 21.1 Å². The van der Waals surface area contributed by atoms with Crippen LogP contribution in [0.3, 0.4) is 0 Å². The Kier molecular flexibility index (Phi) is 3.96. The molecule has 0 rings (SSSR count). The van der Waals surface area contributed by atoms with Crippen LogP contribution in [0.1, 0.15) is 13.8 Å². The lowest BCUT2D eigenvalue weighted by atomic mass is 10.0. The number of rotatable bonds is 3. The van der Waals surface area contributed by atoms with Crippen LogP contribution in [0.25, 0.3) is 0 Å². The Balaban J connectivity index is 4.23.